The fraction of sp³-hybridized carbons (Fsp3) is 0.393. The Morgan fingerprint density at radius 1 is 1.21 bits per heavy atom. The van der Waals surface area contributed by atoms with Crippen LogP contribution in [-0.2, 0) is 6.54 Å². The molecule has 2 aromatic carbocycles. The van der Waals surface area contributed by atoms with Gasteiger partial charge < -0.3 is 25.7 Å². The third-order valence-corrected chi connectivity index (χ3v) is 6.72. The number of rotatable bonds is 7. The molecule has 4 N–H and O–H groups in total. The van der Waals surface area contributed by atoms with Gasteiger partial charge in [0.05, 0.1) is 36.1 Å². The first-order chi connectivity index (χ1) is 18.1. The normalized spacial score (nSPS) is 17.5. The van der Waals surface area contributed by atoms with Gasteiger partial charge in [0, 0.05) is 23.2 Å². The zero-order chi connectivity index (χ0) is 27.4. The number of amides is 1. The molecule has 1 aromatic heterocycles. The van der Waals surface area contributed by atoms with E-state index in [1.54, 1.807) is 18.2 Å². The Bertz CT molecular complexity index is 1390. The number of primary amides is 1. The van der Waals surface area contributed by atoms with Crippen molar-refractivity contribution in [1.82, 2.24) is 4.57 Å². The highest BCUT2D eigenvalue weighted by Crippen LogP contribution is 2.33. The lowest BCUT2D eigenvalue weighted by Crippen LogP contribution is -2.26. The number of hydrogen-bond donors (Lipinski definition) is 3. The molecule has 202 valence electrons. The molecule has 6 nitrogen and oxygen atoms in total. The molecule has 2 atom stereocenters. The van der Waals surface area contributed by atoms with E-state index in [2.05, 4.69) is 29.4 Å². The maximum atomic E-state index is 14.2. The maximum Gasteiger partial charge on any atom is 0.406 e. The molecule has 38 heavy (non-hydrogen) atoms. The second-order valence-electron chi connectivity index (χ2n) is 9.63. The SMILES string of the molecule is COc1cc(C(N)=O)c(F)cc1NCC#Cc1cc2c(N[C@@H]3CCC[C@@H](C)C3)cccc2n1CC(F)(F)F. The highest BCUT2D eigenvalue weighted by Gasteiger charge is 2.30. The Balaban J connectivity index is 1.61. The number of methoxy groups -OCH3 is 1. The monoisotopic (exact) mass is 530 g/mol. The number of benzene rings is 2. The van der Waals surface area contributed by atoms with Crippen LogP contribution in [0.15, 0.2) is 36.4 Å². The quantitative estimate of drug-likeness (QED) is 0.262. The predicted octanol–water partition coefficient (Wildman–Crippen LogP) is 5.90. The Labute approximate surface area is 218 Å². The number of nitrogens with one attached hydrogen (secondary N) is 2. The molecular weight excluding hydrogens is 500 g/mol. The van der Waals surface area contributed by atoms with Gasteiger partial charge in [-0.15, -0.1) is 0 Å². The van der Waals surface area contributed by atoms with Crippen molar-refractivity contribution in [1.29, 1.82) is 0 Å². The smallest absolute Gasteiger partial charge is 0.406 e. The number of nitrogens with two attached hydrogens (primary N) is 1. The van der Waals surface area contributed by atoms with Gasteiger partial charge in [-0.2, -0.15) is 13.2 Å². The number of aromatic nitrogens is 1. The zero-order valence-corrected chi connectivity index (χ0v) is 21.2. The molecule has 0 radical (unpaired) electrons. The van der Waals surface area contributed by atoms with Crippen LogP contribution in [0.4, 0.5) is 28.9 Å². The Kier molecular flexibility index (Phi) is 8.05. The summed E-state index contributed by atoms with van der Waals surface area (Å²) in [5.41, 5.74) is 6.53. The number of alkyl halides is 3. The maximum absolute atomic E-state index is 14.2. The number of anilines is 2. The number of nitrogens with zero attached hydrogens (tertiary/aromatic N) is 1. The van der Waals surface area contributed by atoms with E-state index in [1.165, 1.54) is 24.2 Å². The molecular formula is C28H30F4N4O2. The molecule has 1 heterocycles. The van der Waals surface area contributed by atoms with E-state index in [9.17, 15) is 22.4 Å². The summed E-state index contributed by atoms with van der Waals surface area (Å²) < 4.78 is 61.0. The number of carbonyl (C=O) groups is 1. The van der Waals surface area contributed by atoms with Crippen LogP contribution in [0.3, 0.4) is 0 Å². The molecule has 1 amide bonds. The molecule has 1 aliphatic rings. The van der Waals surface area contributed by atoms with E-state index < -0.39 is 24.4 Å². The summed E-state index contributed by atoms with van der Waals surface area (Å²) in [5, 5.41) is 7.10. The lowest BCUT2D eigenvalue weighted by Gasteiger charge is -2.28. The molecule has 1 fully saturated rings. The first-order valence-corrected chi connectivity index (χ1v) is 12.4. The van der Waals surface area contributed by atoms with Gasteiger partial charge in [-0.3, -0.25) is 4.79 Å². The molecule has 10 heteroatoms. The third-order valence-electron chi connectivity index (χ3n) is 6.72. The van der Waals surface area contributed by atoms with Gasteiger partial charge in [0.25, 0.3) is 5.91 Å². The number of ether oxygens (including phenoxy) is 1. The van der Waals surface area contributed by atoms with E-state index in [4.69, 9.17) is 10.5 Å². The Hall–Kier alpha value is -3.87. The topological polar surface area (TPSA) is 81.3 Å². The summed E-state index contributed by atoms with van der Waals surface area (Å²) in [6.07, 6.45) is -0.0926. The van der Waals surface area contributed by atoms with Crippen LogP contribution in [0, 0.1) is 23.6 Å². The van der Waals surface area contributed by atoms with Crippen molar-refractivity contribution in [2.24, 2.45) is 11.7 Å². The van der Waals surface area contributed by atoms with Crippen LogP contribution < -0.4 is 21.1 Å². The summed E-state index contributed by atoms with van der Waals surface area (Å²) in [6.45, 7) is 1.03. The van der Waals surface area contributed by atoms with E-state index >= 15 is 0 Å². The Morgan fingerprint density at radius 2 is 2.00 bits per heavy atom. The van der Waals surface area contributed by atoms with Crippen LogP contribution in [0.2, 0.25) is 0 Å². The van der Waals surface area contributed by atoms with Crippen molar-refractivity contribution in [2.45, 2.75) is 51.4 Å². The number of carbonyl (C=O) groups excluding carboxylic acids is 1. The van der Waals surface area contributed by atoms with Crippen molar-refractivity contribution in [3.8, 4) is 17.6 Å². The summed E-state index contributed by atoms with van der Waals surface area (Å²) in [5.74, 6) is 4.66. The van der Waals surface area contributed by atoms with Gasteiger partial charge in [0.1, 0.15) is 18.1 Å². The van der Waals surface area contributed by atoms with Crippen molar-refractivity contribution >= 4 is 28.2 Å². The standard InChI is InChI=1S/C28H30F4N4O2/c1-17-6-3-7-18(12-17)35-23-9-4-10-25-21(23)13-19(36(25)16-28(30,31)32)8-5-11-34-24-15-22(29)20(27(33)37)14-26(24)38-2/h4,9-10,13-15,17-18,34-35H,3,6-7,11-12,16H2,1-2H3,(H2,33,37)/t17-,18-/m1/s1. The lowest BCUT2D eigenvalue weighted by atomic mass is 9.87. The molecule has 0 spiro atoms. The van der Waals surface area contributed by atoms with Crippen LogP contribution in [0.25, 0.3) is 10.9 Å². The summed E-state index contributed by atoms with van der Waals surface area (Å²) in [7, 11) is 1.35. The van der Waals surface area contributed by atoms with Crippen LogP contribution in [0.5, 0.6) is 5.75 Å². The predicted molar refractivity (Wildman–Crippen MR) is 140 cm³/mol. The second kappa shape index (κ2) is 11.3. The first kappa shape index (κ1) is 27.2. The zero-order valence-electron chi connectivity index (χ0n) is 21.2. The minimum Gasteiger partial charge on any atom is -0.495 e. The lowest BCUT2D eigenvalue weighted by molar-refractivity contribution is -0.140. The third kappa shape index (κ3) is 6.33. The molecule has 1 saturated carbocycles. The van der Waals surface area contributed by atoms with E-state index in [0.29, 0.717) is 16.8 Å². The number of halogens is 4. The van der Waals surface area contributed by atoms with Gasteiger partial charge in [0.15, 0.2) is 0 Å². The first-order valence-electron chi connectivity index (χ1n) is 12.4. The molecule has 0 saturated heterocycles. The van der Waals surface area contributed by atoms with Gasteiger partial charge in [-0.25, -0.2) is 4.39 Å². The highest BCUT2D eigenvalue weighted by atomic mass is 19.4. The van der Waals surface area contributed by atoms with Crippen molar-refractivity contribution < 1.29 is 27.1 Å². The molecule has 0 bridgehead atoms. The second-order valence-corrected chi connectivity index (χ2v) is 9.63. The molecule has 0 unspecified atom stereocenters. The van der Waals surface area contributed by atoms with Crippen LogP contribution in [0.1, 0.15) is 48.7 Å². The summed E-state index contributed by atoms with van der Waals surface area (Å²) in [4.78, 5) is 11.4. The van der Waals surface area contributed by atoms with E-state index in [0.717, 1.165) is 31.0 Å². The summed E-state index contributed by atoms with van der Waals surface area (Å²) in [6, 6.07) is 9.47. The van der Waals surface area contributed by atoms with Crippen LogP contribution in [-0.4, -0.2) is 36.3 Å². The fourth-order valence-electron chi connectivity index (χ4n) is 4.97. The molecule has 0 aliphatic heterocycles. The molecule has 3 aromatic rings. The van der Waals surface area contributed by atoms with E-state index in [1.807, 2.05) is 6.07 Å². The number of fused-ring (bicyclic) bond motifs is 1. The molecule has 4 rings (SSSR count). The molecule has 1 aliphatic carbocycles. The average Bonchev–Trinajstić information content (AvgIpc) is 3.18. The van der Waals surface area contributed by atoms with Gasteiger partial charge in [-0.05, 0) is 48.9 Å². The number of hydrogen-bond acceptors (Lipinski definition) is 4. The minimum absolute atomic E-state index is 0.00959. The van der Waals surface area contributed by atoms with Crippen LogP contribution >= 0.6 is 0 Å². The largest absolute Gasteiger partial charge is 0.495 e. The van der Waals surface area contributed by atoms with Gasteiger partial charge in [-0.1, -0.05) is 31.8 Å². The minimum atomic E-state index is -4.43. The van der Waals surface area contributed by atoms with E-state index in [-0.39, 0.29) is 35.3 Å². The Morgan fingerprint density at radius 3 is 2.68 bits per heavy atom. The highest BCUT2D eigenvalue weighted by molar-refractivity contribution is 5.95. The van der Waals surface area contributed by atoms with Crippen molar-refractivity contribution in [3.63, 3.8) is 0 Å². The van der Waals surface area contributed by atoms with Gasteiger partial charge in [0.2, 0.25) is 0 Å². The average molecular weight is 531 g/mol. The van der Waals surface area contributed by atoms with Crippen molar-refractivity contribution in [3.05, 3.63) is 53.5 Å². The van der Waals surface area contributed by atoms with Gasteiger partial charge >= 0.3 is 6.18 Å². The van der Waals surface area contributed by atoms with Crippen molar-refractivity contribution in [2.75, 3.05) is 24.3 Å². The fourth-order valence-corrected chi connectivity index (χ4v) is 4.97. The summed E-state index contributed by atoms with van der Waals surface area (Å²) >= 11 is 0.